The molecular formula is C22H21ClFN7O2. The van der Waals surface area contributed by atoms with Crippen LogP contribution >= 0.6 is 11.6 Å². The number of pyridine rings is 1. The van der Waals surface area contributed by atoms with Crippen LogP contribution in [0.25, 0.3) is 0 Å². The van der Waals surface area contributed by atoms with Crippen molar-refractivity contribution in [3.05, 3.63) is 71.2 Å². The lowest BCUT2D eigenvalue weighted by molar-refractivity contribution is 0.101. The van der Waals surface area contributed by atoms with E-state index in [1.807, 2.05) is 0 Å². The molecular weight excluding hydrogens is 449 g/mol. The Morgan fingerprint density at radius 1 is 0.970 bits per heavy atom. The smallest absolute Gasteiger partial charge is 0.293 e. The van der Waals surface area contributed by atoms with E-state index in [0.717, 1.165) is 50.4 Å². The zero-order chi connectivity index (χ0) is 23.2. The molecule has 2 aromatic heterocycles. The van der Waals surface area contributed by atoms with Gasteiger partial charge in [-0.1, -0.05) is 11.6 Å². The van der Waals surface area contributed by atoms with Crippen molar-refractivity contribution in [2.24, 2.45) is 0 Å². The number of benzene rings is 1. The highest BCUT2D eigenvalue weighted by molar-refractivity contribution is 6.30. The summed E-state index contributed by atoms with van der Waals surface area (Å²) in [5.41, 5.74) is 0.862. The number of anilines is 3. The molecule has 11 heteroatoms. The lowest BCUT2D eigenvalue weighted by Gasteiger charge is -2.21. The summed E-state index contributed by atoms with van der Waals surface area (Å²) < 4.78 is 13.9. The van der Waals surface area contributed by atoms with Gasteiger partial charge in [0.15, 0.2) is 0 Å². The van der Waals surface area contributed by atoms with Gasteiger partial charge in [-0.2, -0.15) is 0 Å². The van der Waals surface area contributed by atoms with Crippen LogP contribution in [-0.4, -0.2) is 52.9 Å². The van der Waals surface area contributed by atoms with Gasteiger partial charge in [0, 0.05) is 25.8 Å². The topological polar surface area (TPSA) is 112 Å². The highest BCUT2D eigenvalue weighted by Crippen LogP contribution is 2.20. The normalized spacial score (nSPS) is 13.8. The van der Waals surface area contributed by atoms with Crippen molar-refractivity contribution in [3.8, 4) is 0 Å². The predicted molar refractivity (Wildman–Crippen MR) is 123 cm³/mol. The van der Waals surface area contributed by atoms with Crippen molar-refractivity contribution in [1.29, 1.82) is 0 Å². The van der Waals surface area contributed by atoms with Gasteiger partial charge in [0.25, 0.3) is 11.8 Å². The number of nitrogens with zero attached hydrogens (tertiary/aromatic N) is 4. The molecule has 3 N–H and O–H groups in total. The third kappa shape index (κ3) is 5.79. The Balaban J connectivity index is 1.48. The van der Waals surface area contributed by atoms with E-state index in [9.17, 15) is 14.0 Å². The fourth-order valence-electron chi connectivity index (χ4n) is 3.33. The molecule has 0 saturated carbocycles. The van der Waals surface area contributed by atoms with Gasteiger partial charge in [-0.3, -0.25) is 9.59 Å². The van der Waals surface area contributed by atoms with Crippen LogP contribution in [0.3, 0.4) is 0 Å². The summed E-state index contributed by atoms with van der Waals surface area (Å²) in [6.45, 7) is 3.52. The Morgan fingerprint density at radius 3 is 2.55 bits per heavy atom. The highest BCUT2D eigenvalue weighted by Gasteiger charge is 2.18. The van der Waals surface area contributed by atoms with Gasteiger partial charge in [-0.05, 0) is 43.3 Å². The largest absolute Gasteiger partial charge is 0.368 e. The monoisotopic (exact) mass is 469 g/mol. The quantitative estimate of drug-likeness (QED) is 0.526. The number of amides is 2. The number of hydrogen-bond donors (Lipinski definition) is 3. The summed E-state index contributed by atoms with van der Waals surface area (Å²) in [6, 6.07) is 6.54. The van der Waals surface area contributed by atoms with E-state index in [1.54, 1.807) is 18.5 Å². The molecule has 0 unspecified atom stereocenters. The summed E-state index contributed by atoms with van der Waals surface area (Å²) in [4.78, 5) is 39.9. The Labute approximate surface area is 194 Å². The number of carbonyl (C=O) groups is 2. The van der Waals surface area contributed by atoms with Gasteiger partial charge in [0.2, 0.25) is 5.82 Å². The van der Waals surface area contributed by atoms with Crippen LogP contribution < -0.4 is 20.9 Å². The summed E-state index contributed by atoms with van der Waals surface area (Å²) in [6.07, 6.45) is 5.56. The number of hydrogen-bond acceptors (Lipinski definition) is 7. The van der Waals surface area contributed by atoms with Crippen molar-refractivity contribution >= 4 is 40.6 Å². The third-order valence-corrected chi connectivity index (χ3v) is 5.21. The van der Waals surface area contributed by atoms with Crippen molar-refractivity contribution in [2.45, 2.75) is 6.42 Å². The molecule has 0 aliphatic carbocycles. The van der Waals surface area contributed by atoms with Gasteiger partial charge in [0.05, 0.1) is 34.4 Å². The van der Waals surface area contributed by atoms with Crippen LogP contribution in [0.4, 0.5) is 21.6 Å². The van der Waals surface area contributed by atoms with E-state index < -0.39 is 17.6 Å². The van der Waals surface area contributed by atoms with Crippen LogP contribution in [0, 0.1) is 5.82 Å². The lowest BCUT2D eigenvalue weighted by atomic mass is 10.1. The Bertz CT molecular complexity index is 1130. The van der Waals surface area contributed by atoms with Gasteiger partial charge in [0.1, 0.15) is 11.6 Å². The molecule has 2 amide bonds. The third-order valence-electron chi connectivity index (χ3n) is 4.99. The molecule has 3 aromatic rings. The van der Waals surface area contributed by atoms with Crippen LogP contribution in [0.1, 0.15) is 27.4 Å². The van der Waals surface area contributed by atoms with Crippen LogP contribution in [0.5, 0.6) is 0 Å². The van der Waals surface area contributed by atoms with Crippen molar-refractivity contribution in [1.82, 2.24) is 20.3 Å². The minimum Gasteiger partial charge on any atom is -0.368 e. The van der Waals surface area contributed by atoms with E-state index in [2.05, 4.69) is 35.8 Å². The molecule has 3 heterocycles. The first-order valence-electron chi connectivity index (χ1n) is 10.3. The molecule has 1 fully saturated rings. The molecule has 0 atom stereocenters. The zero-order valence-corrected chi connectivity index (χ0v) is 18.3. The van der Waals surface area contributed by atoms with Crippen molar-refractivity contribution in [2.75, 3.05) is 41.7 Å². The van der Waals surface area contributed by atoms with E-state index in [4.69, 9.17) is 11.6 Å². The van der Waals surface area contributed by atoms with E-state index in [-0.39, 0.29) is 22.9 Å². The van der Waals surface area contributed by atoms with Gasteiger partial charge < -0.3 is 20.9 Å². The summed E-state index contributed by atoms with van der Waals surface area (Å²) in [7, 11) is 0. The maximum atomic E-state index is 13.9. The van der Waals surface area contributed by atoms with Gasteiger partial charge in [-0.15, -0.1) is 0 Å². The second-order valence-corrected chi connectivity index (χ2v) is 7.75. The predicted octanol–water partition coefficient (Wildman–Crippen LogP) is 2.97. The Hall–Kier alpha value is -3.63. The molecule has 1 aliphatic rings. The first-order chi connectivity index (χ1) is 16.0. The molecule has 170 valence electrons. The Morgan fingerprint density at radius 2 is 1.79 bits per heavy atom. The summed E-state index contributed by atoms with van der Waals surface area (Å²) in [5, 5.41) is 8.86. The summed E-state index contributed by atoms with van der Waals surface area (Å²) in [5.74, 6) is -1.74. The Kier molecular flexibility index (Phi) is 7.06. The molecule has 33 heavy (non-hydrogen) atoms. The number of rotatable bonds is 5. The fourth-order valence-corrected chi connectivity index (χ4v) is 3.44. The van der Waals surface area contributed by atoms with Crippen molar-refractivity contribution < 1.29 is 14.0 Å². The molecule has 0 bridgehead atoms. The molecule has 1 saturated heterocycles. The number of halogens is 2. The average molecular weight is 470 g/mol. The van der Waals surface area contributed by atoms with E-state index in [0.29, 0.717) is 5.02 Å². The minimum atomic E-state index is -0.648. The first kappa shape index (κ1) is 22.6. The lowest BCUT2D eigenvalue weighted by Crippen LogP contribution is -2.28. The molecule has 0 spiro atoms. The van der Waals surface area contributed by atoms with Crippen LogP contribution in [0.2, 0.25) is 5.02 Å². The van der Waals surface area contributed by atoms with Crippen LogP contribution in [-0.2, 0) is 0 Å². The average Bonchev–Trinajstić information content (AvgIpc) is 3.11. The van der Waals surface area contributed by atoms with Crippen molar-refractivity contribution in [3.63, 3.8) is 0 Å². The van der Waals surface area contributed by atoms with E-state index in [1.165, 1.54) is 18.3 Å². The van der Waals surface area contributed by atoms with Crippen LogP contribution in [0.15, 0.2) is 48.9 Å². The highest BCUT2D eigenvalue weighted by atomic mass is 35.5. The maximum Gasteiger partial charge on any atom is 0.293 e. The SMILES string of the molecule is O=C(Nc1ccc(F)cc1C(=O)Nc1ccc(Cl)cn1)c1ncc(N2CCCNCC2)cn1. The molecule has 4 rings (SSSR count). The van der Waals surface area contributed by atoms with Gasteiger partial charge in [-0.25, -0.2) is 19.3 Å². The molecule has 1 aliphatic heterocycles. The standard InChI is InChI=1S/C22H21ClFN7O2/c23-14-2-5-19(26-11-14)30-21(32)17-10-15(24)3-4-18(17)29-22(33)20-27-12-16(13-28-20)31-8-1-6-25-7-9-31/h2-5,10-13,25H,1,6-9H2,(H,29,33)(H,26,30,32). The maximum absolute atomic E-state index is 13.9. The number of carbonyl (C=O) groups excluding carboxylic acids is 2. The minimum absolute atomic E-state index is 0.0678. The van der Waals surface area contributed by atoms with Gasteiger partial charge >= 0.3 is 0 Å². The first-order valence-corrected chi connectivity index (χ1v) is 10.7. The second kappa shape index (κ2) is 10.3. The number of nitrogens with one attached hydrogen (secondary N) is 3. The van der Waals surface area contributed by atoms with E-state index >= 15 is 0 Å². The second-order valence-electron chi connectivity index (χ2n) is 7.32. The summed E-state index contributed by atoms with van der Waals surface area (Å²) >= 11 is 5.80. The molecule has 1 aromatic carbocycles. The fraction of sp³-hybridized carbons (Fsp3) is 0.227. The molecule has 9 nitrogen and oxygen atoms in total. The number of aromatic nitrogens is 3. The zero-order valence-electron chi connectivity index (χ0n) is 17.5. The molecule has 0 radical (unpaired) electrons.